The van der Waals surface area contributed by atoms with Crippen LogP contribution in [0.1, 0.15) is 29.2 Å². The molecule has 2 aromatic carbocycles. The average molecular weight is 363 g/mol. The van der Waals surface area contributed by atoms with Crippen LogP contribution in [0.25, 0.3) is 0 Å². The second kappa shape index (κ2) is 7.03. The minimum absolute atomic E-state index is 0.130. The predicted octanol–water partition coefficient (Wildman–Crippen LogP) is 2.43. The van der Waals surface area contributed by atoms with E-state index in [4.69, 9.17) is 9.47 Å². The van der Waals surface area contributed by atoms with Crippen LogP contribution in [0.15, 0.2) is 41.3 Å². The number of hydrogen-bond acceptors (Lipinski definition) is 5. The molecule has 2 N–H and O–H groups in total. The Bertz CT molecular complexity index is 879. The summed E-state index contributed by atoms with van der Waals surface area (Å²) in [5.41, 5.74) is 2.37. The van der Waals surface area contributed by atoms with Gasteiger partial charge < -0.3 is 14.6 Å². The fourth-order valence-electron chi connectivity index (χ4n) is 2.80. The maximum absolute atomic E-state index is 12.4. The van der Waals surface area contributed by atoms with Crippen molar-refractivity contribution in [2.24, 2.45) is 0 Å². The summed E-state index contributed by atoms with van der Waals surface area (Å²) in [6.07, 6.45) is -0.541. The lowest BCUT2D eigenvalue weighted by molar-refractivity contribution is 0.166. The summed E-state index contributed by atoms with van der Waals surface area (Å²) in [5, 5.41) is 10.3. The monoisotopic (exact) mass is 363 g/mol. The first-order valence-corrected chi connectivity index (χ1v) is 9.50. The van der Waals surface area contributed by atoms with Crippen molar-refractivity contribution >= 4 is 10.0 Å². The van der Waals surface area contributed by atoms with E-state index in [1.165, 1.54) is 0 Å². The number of nitrogens with one attached hydrogen (secondary N) is 1. The van der Waals surface area contributed by atoms with Gasteiger partial charge in [0.1, 0.15) is 0 Å². The van der Waals surface area contributed by atoms with Gasteiger partial charge >= 0.3 is 0 Å². The molecule has 0 fully saturated rings. The molecule has 7 heteroatoms. The molecule has 0 aliphatic carbocycles. The number of aliphatic hydroxyl groups excluding tert-OH is 1. The number of rotatable bonds is 6. The van der Waals surface area contributed by atoms with E-state index in [0.717, 1.165) is 5.56 Å². The molecule has 1 atom stereocenters. The van der Waals surface area contributed by atoms with E-state index in [-0.39, 0.29) is 24.7 Å². The number of aryl methyl sites for hydroxylation is 2. The third-order valence-corrected chi connectivity index (χ3v) is 5.73. The molecular weight excluding hydrogens is 342 g/mol. The van der Waals surface area contributed by atoms with E-state index in [2.05, 4.69) is 4.72 Å². The molecule has 1 heterocycles. The van der Waals surface area contributed by atoms with Gasteiger partial charge in [0.15, 0.2) is 11.5 Å². The standard InChI is InChI=1S/C18H21NO5S/c1-12-3-6-18(13(2)9-12)25(21,22)19-8-7-15(20)14-4-5-16-17(10-14)24-11-23-16/h3-6,9-10,15,19-20H,7-8,11H2,1-2H3. The number of fused-ring (bicyclic) bond motifs is 1. The van der Waals surface area contributed by atoms with Crippen LogP contribution in [-0.2, 0) is 10.0 Å². The van der Waals surface area contributed by atoms with Crippen LogP contribution in [0.5, 0.6) is 11.5 Å². The molecule has 0 bridgehead atoms. The summed E-state index contributed by atoms with van der Waals surface area (Å²) in [6, 6.07) is 10.4. The maximum Gasteiger partial charge on any atom is 0.240 e. The normalized spacial score (nSPS) is 14.5. The first-order chi connectivity index (χ1) is 11.9. The van der Waals surface area contributed by atoms with Crippen LogP contribution >= 0.6 is 0 Å². The van der Waals surface area contributed by atoms with E-state index < -0.39 is 16.1 Å². The highest BCUT2D eigenvalue weighted by Crippen LogP contribution is 2.34. The Kier molecular flexibility index (Phi) is 4.99. The second-order valence-corrected chi connectivity index (χ2v) is 7.82. The zero-order valence-corrected chi connectivity index (χ0v) is 15.0. The van der Waals surface area contributed by atoms with E-state index in [1.807, 2.05) is 13.0 Å². The molecule has 0 saturated carbocycles. The summed E-state index contributed by atoms with van der Waals surface area (Å²) >= 11 is 0. The van der Waals surface area contributed by atoms with Crippen LogP contribution < -0.4 is 14.2 Å². The minimum Gasteiger partial charge on any atom is -0.454 e. The Labute approximate surface area is 147 Å². The zero-order valence-electron chi connectivity index (χ0n) is 14.2. The van der Waals surface area contributed by atoms with Crippen molar-refractivity contribution in [3.05, 3.63) is 53.1 Å². The first kappa shape index (κ1) is 17.7. The van der Waals surface area contributed by atoms with E-state index in [0.29, 0.717) is 22.6 Å². The van der Waals surface area contributed by atoms with Gasteiger partial charge in [-0.1, -0.05) is 23.8 Å². The highest BCUT2D eigenvalue weighted by atomic mass is 32.2. The van der Waals surface area contributed by atoms with Crippen LogP contribution in [-0.4, -0.2) is 26.9 Å². The Hall–Kier alpha value is -2.09. The molecular formula is C18H21NO5S. The lowest BCUT2D eigenvalue weighted by atomic mass is 10.1. The molecule has 1 aliphatic rings. The van der Waals surface area contributed by atoms with Crippen molar-refractivity contribution in [1.29, 1.82) is 0 Å². The van der Waals surface area contributed by atoms with Gasteiger partial charge in [-0.2, -0.15) is 0 Å². The van der Waals surface area contributed by atoms with Crippen LogP contribution in [0.2, 0.25) is 0 Å². The molecule has 0 saturated heterocycles. The fourth-order valence-corrected chi connectivity index (χ4v) is 4.07. The highest BCUT2D eigenvalue weighted by Gasteiger charge is 2.19. The molecule has 0 radical (unpaired) electrons. The summed E-state index contributed by atoms with van der Waals surface area (Å²) < 4.78 is 37.9. The molecule has 2 aromatic rings. The summed E-state index contributed by atoms with van der Waals surface area (Å²) in [7, 11) is -3.60. The van der Waals surface area contributed by atoms with Gasteiger partial charge in [-0.05, 0) is 49.6 Å². The lowest BCUT2D eigenvalue weighted by Crippen LogP contribution is -2.26. The molecule has 25 heavy (non-hydrogen) atoms. The Balaban J connectivity index is 1.62. The molecule has 0 spiro atoms. The number of hydrogen-bond donors (Lipinski definition) is 2. The van der Waals surface area contributed by atoms with Crippen molar-refractivity contribution in [1.82, 2.24) is 4.72 Å². The van der Waals surface area contributed by atoms with Gasteiger partial charge in [0.2, 0.25) is 16.8 Å². The molecule has 1 aliphatic heterocycles. The van der Waals surface area contributed by atoms with Crippen molar-refractivity contribution in [3.8, 4) is 11.5 Å². The number of benzene rings is 2. The third-order valence-electron chi connectivity index (χ3n) is 4.11. The first-order valence-electron chi connectivity index (χ1n) is 8.01. The number of ether oxygens (including phenoxy) is 2. The van der Waals surface area contributed by atoms with Crippen molar-refractivity contribution in [3.63, 3.8) is 0 Å². The molecule has 3 rings (SSSR count). The SMILES string of the molecule is Cc1ccc(S(=O)(=O)NCCC(O)c2ccc3c(c2)OCO3)c(C)c1. The van der Waals surface area contributed by atoms with Gasteiger partial charge in [-0.3, -0.25) is 0 Å². The lowest BCUT2D eigenvalue weighted by Gasteiger charge is -2.13. The molecule has 0 amide bonds. The van der Waals surface area contributed by atoms with Crippen molar-refractivity contribution in [2.45, 2.75) is 31.3 Å². The van der Waals surface area contributed by atoms with Crippen LogP contribution in [0.4, 0.5) is 0 Å². The van der Waals surface area contributed by atoms with Crippen LogP contribution in [0, 0.1) is 13.8 Å². The van der Waals surface area contributed by atoms with Crippen LogP contribution in [0.3, 0.4) is 0 Å². The summed E-state index contributed by atoms with van der Waals surface area (Å²) in [5.74, 6) is 1.24. The second-order valence-electron chi connectivity index (χ2n) is 6.08. The maximum atomic E-state index is 12.4. The fraction of sp³-hybridized carbons (Fsp3) is 0.333. The number of sulfonamides is 1. The van der Waals surface area contributed by atoms with Gasteiger partial charge in [0.05, 0.1) is 11.0 Å². The zero-order chi connectivity index (χ0) is 18.0. The quantitative estimate of drug-likeness (QED) is 0.823. The molecule has 0 aromatic heterocycles. The summed E-state index contributed by atoms with van der Waals surface area (Å²) in [6.45, 7) is 3.98. The Morgan fingerprint density at radius 3 is 2.64 bits per heavy atom. The van der Waals surface area contributed by atoms with E-state index in [1.54, 1.807) is 37.3 Å². The minimum atomic E-state index is -3.60. The van der Waals surface area contributed by atoms with Crippen molar-refractivity contribution < 1.29 is 23.0 Å². The summed E-state index contributed by atoms with van der Waals surface area (Å²) in [4.78, 5) is 0.260. The van der Waals surface area contributed by atoms with E-state index >= 15 is 0 Å². The largest absolute Gasteiger partial charge is 0.454 e. The third kappa shape index (κ3) is 3.95. The Morgan fingerprint density at radius 2 is 1.88 bits per heavy atom. The molecule has 6 nitrogen and oxygen atoms in total. The average Bonchev–Trinajstić information content (AvgIpc) is 3.01. The van der Waals surface area contributed by atoms with Crippen molar-refractivity contribution in [2.75, 3.05) is 13.3 Å². The van der Waals surface area contributed by atoms with Gasteiger partial charge in [-0.15, -0.1) is 0 Å². The molecule has 1 unspecified atom stereocenters. The predicted molar refractivity (Wildman–Crippen MR) is 93.2 cm³/mol. The topological polar surface area (TPSA) is 84.9 Å². The van der Waals surface area contributed by atoms with E-state index in [9.17, 15) is 13.5 Å². The van der Waals surface area contributed by atoms with Gasteiger partial charge in [0, 0.05) is 6.54 Å². The highest BCUT2D eigenvalue weighted by molar-refractivity contribution is 7.89. The number of aliphatic hydroxyl groups is 1. The molecule has 134 valence electrons. The van der Waals surface area contributed by atoms with Gasteiger partial charge in [-0.25, -0.2) is 13.1 Å². The smallest absolute Gasteiger partial charge is 0.240 e. The van der Waals surface area contributed by atoms with Gasteiger partial charge in [0.25, 0.3) is 0 Å². The Morgan fingerprint density at radius 1 is 1.12 bits per heavy atom.